The number of benzene rings is 1. The number of nitrogens with one attached hydrogen (secondary N) is 2. The Morgan fingerprint density at radius 3 is 2.88 bits per heavy atom. The minimum atomic E-state index is -0.217. The van der Waals surface area contributed by atoms with Gasteiger partial charge in [0.15, 0.2) is 0 Å². The van der Waals surface area contributed by atoms with Crippen molar-refractivity contribution in [2.45, 2.75) is 43.6 Å². The average Bonchev–Trinajstić information content (AvgIpc) is 2.97. The summed E-state index contributed by atoms with van der Waals surface area (Å²) in [6, 6.07) is 10.6. The van der Waals surface area contributed by atoms with Gasteiger partial charge in [0.05, 0.1) is 6.04 Å². The molecular weight excluding hydrogens is 317 g/mol. The molecule has 0 aliphatic heterocycles. The molecule has 2 aliphatic rings. The Morgan fingerprint density at radius 1 is 1.28 bits per heavy atom. The lowest BCUT2D eigenvalue weighted by Crippen LogP contribution is -2.49. The van der Waals surface area contributed by atoms with Gasteiger partial charge in [0, 0.05) is 23.9 Å². The number of carbonyl (C=O) groups excluding carboxylic acids is 1. The standard InChI is InChI=1S/C20H22FN3O/c21-15-6-7-16-14(12-15)5-8-17(16)24-19(25)23-13-20(9-3-10-20)18-4-1-2-11-22-18/h1-2,4,6-7,11-12,17H,3,5,8-10,13H2,(H2,23,24,25). The van der Waals surface area contributed by atoms with Gasteiger partial charge in [-0.3, -0.25) is 4.98 Å². The van der Waals surface area contributed by atoms with Crippen molar-refractivity contribution in [2.24, 2.45) is 0 Å². The van der Waals surface area contributed by atoms with Crippen LogP contribution in [0.2, 0.25) is 0 Å². The van der Waals surface area contributed by atoms with Crippen LogP contribution in [0.3, 0.4) is 0 Å². The number of hydrogen-bond acceptors (Lipinski definition) is 2. The topological polar surface area (TPSA) is 54.0 Å². The Hall–Kier alpha value is -2.43. The second-order valence-electron chi connectivity index (χ2n) is 7.11. The first-order valence-corrected chi connectivity index (χ1v) is 8.90. The van der Waals surface area contributed by atoms with E-state index in [0.29, 0.717) is 6.54 Å². The average molecular weight is 339 g/mol. The maximum atomic E-state index is 13.3. The first kappa shape index (κ1) is 16.1. The molecule has 4 nitrogen and oxygen atoms in total. The molecule has 4 rings (SSSR count). The third-order valence-electron chi connectivity index (χ3n) is 5.59. The molecule has 1 atom stereocenters. The molecule has 1 unspecified atom stereocenters. The van der Waals surface area contributed by atoms with Crippen molar-refractivity contribution in [3.05, 3.63) is 65.2 Å². The molecule has 1 saturated carbocycles. The van der Waals surface area contributed by atoms with Gasteiger partial charge in [0.1, 0.15) is 5.82 Å². The van der Waals surface area contributed by atoms with Gasteiger partial charge in [0.2, 0.25) is 0 Å². The van der Waals surface area contributed by atoms with E-state index in [2.05, 4.69) is 15.6 Å². The van der Waals surface area contributed by atoms with Gasteiger partial charge >= 0.3 is 6.03 Å². The first-order valence-electron chi connectivity index (χ1n) is 8.90. The number of nitrogens with zero attached hydrogens (tertiary/aromatic N) is 1. The number of amides is 2. The van der Waals surface area contributed by atoms with E-state index >= 15 is 0 Å². The van der Waals surface area contributed by atoms with E-state index in [1.807, 2.05) is 24.4 Å². The lowest BCUT2D eigenvalue weighted by molar-refractivity contribution is 0.209. The molecular formula is C20H22FN3O. The van der Waals surface area contributed by atoms with E-state index < -0.39 is 0 Å². The van der Waals surface area contributed by atoms with Crippen LogP contribution in [0.15, 0.2) is 42.6 Å². The largest absolute Gasteiger partial charge is 0.337 e. The highest BCUT2D eigenvalue weighted by atomic mass is 19.1. The van der Waals surface area contributed by atoms with Crippen LogP contribution < -0.4 is 10.6 Å². The highest BCUT2D eigenvalue weighted by Crippen LogP contribution is 2.42. The van der Waals surface area contributed by atoms with Crippen LogP contribution in [0.25, 0.3) is 0 Å². The molecule has 0 radical (unpaired) electrons. The van der Waals surface area contributed by atoms with Gasteiger partial charge in [-0.05, 0) is 61.1 Å². The Morgan fingerprint density at radius 2 is 2.16 bits per heavy atom. The smallest absolute Gasteiger partial charge is 0.315 e. The third kappa shape index (κ3) is 3.11. The molecule has 25 heavy (non-hydrogen) atoms. The van der Waals surface area contributed by atoms with E-state index in [1.165, 1.54) is 12.5 Å². The van der Waals surface area contributed by atoms with Gasteiger partial charge in [-0.2, -0.15) is 0 Å². The van der Waals surface area contributed by atoms with Crippen molar-refractivity contribution in [1.82, 2.24) is 15.6 Å². The fourth-order valence-corrected chi connectivity index (χ4v) is 4.00. The van der Waals surface area contributed by atoms with E-state index in [9.17, 15) is 9.18 Å². The normalized spacial score (nSPS) is 20.4. The Balaban J connectivity index is 1.37. The SMILES string of the molecule is O=C(NCC1(c2ccccn2)CCC1)NC1CCc2cc(F)ccc21. The van der Waals surface area contributed by atoms with E-state index in [-0.39, 0.29) is 23.3 Å². The summed E-state index contributed by atoms with van der Waals surface area (Å²) >= 11 is 0. The summed E-state index contributed by atoms with van der Waals surface area (Å²) in [6.07, 6.45) is 6.70. The van der Waals surface area contributed by atoms with Gasteiger partial charge in [-0.15, -0.1) is 0 Å². The number of urea groups is 1. The minimum absolute atomic E-state index is 0.0324. The predicted octanol–water partition coefficient (Wildman–Crippen LogP) is 3.63. The molecule has 2 aromatic rings. The highest BCUT2D eigenvalue weighted by molar-refractivity contribution is 5.74. The second kappa shape index (κ2) is 6.47. The maximum Gasteiger partial charge on any atom is 0.315 e. The molecule has 130 valence electrons. The van der Waals surface area contributed by atoms with Crippen LogP contribution in [0, 0.1) is 5.82 Å². The molecule has 1 aromatic carbocycles. The van der Waals surface area contributed by atoms with E-state index in [0.717, 1.165) is 42.5 Å². The van der Waals surface area contributed by atoms with Crippen molar-refractivity contribution in [2.75, 3.05) is 6.54 Å². The number of hydrogen-bond donors (Lipinski definition) is 2. The second-order valence-corrected chi connectivity index (χ2v) is 7.11. The molecule has 1 heterocycles. The van der Waals surface area contributed by atoms with Crippen LogP contribution in [0.4, 0.5) is 9.18 Å². The zero-order valence-electron chi connectivity index (χ0n) is 14.1. The monoisotopic (exact) mass is 339 g/mol. The number of halogens is 1. The van der Waals surface area contributed by atoms with Crippen molar-refractivity contribution in [3.8, 4) is 0 Å². The molecule has 0 saturated heterocycles. The number of aryl methyl sites for hydroxylation is 1. The fourth-order valence-electron chi connectivity index (χ4n) is 4.00. The summed E-state index contributed by atoms with van der Waals surface area (Å²) in [5.41, 5.74) is 3.05. The van der Waals surface area contributed by atoms with Crippen LogP contribution in [-0.4, -0.2) is 17.6 Å². The van der Waals surface area contributed by atoms with E-state index in [4.69, 9.17) is 0 Å². The fraction of sp³-hybridized carbons (Fsp3) is 0.400. The minimum Gasteiger partial charge on any atom is -0.337 e. The van der Waals surface area contributed by atoms with Crippen molar-refractivity contribution in [1.29, 1.82) is 0 Å². The summed E-state index contributed by atoms with van der Waals surface area (Å²) in [6.45, 7) is 0.596. The molecule has 2 amide bonds. The van der Waals surface area contributed by atoms with Crippen molar-refractivity contribution < 1.29 is 9.18 Å². The predicted molar refractivity (Wildman–Crippen MR) is 93.8 cm³/mol. The Kier molecular flexibility index (Phi) is 4.15. The maximum absolute atomic E-state index is 13.3. The summed E-state index contributed by atoms with van der Waals surface area (Å²) < 4.78 is 13.3. The number of fused-ring (bicyclic) bond motifs is 1. The van der Waals surface area contributed by atoms with Crippen molar-refractivity contribution >= 4 is 6.03 Å². The molecule has 2 N–H and O–H groups in total. The zero-order chi connectivity index (χ0) is 17.3. The lowest BCUT2D eigenvalue weighted by Gasteiger charge is -2.41. The molecule has 0 spiro atoms. The van der Waals surface area contributed by atoms with Crippen LogP contribution >= 0.6 is 0 Å². The van der Waals surface area contributed by atoms with Gasteiger partial charge < -0.3 is 10.6 Å². The Bertz CT molecular complexity index is 774. The quantitative estimate of drug-likeness (QED) is 0.894. The zero-order valence-corrected chi connectivity index (χ0v) is 14.1. The number of rotatable bonds is 4. The summed E-state index contributed by atoms with van der Waals surface area (Å²) in [7, 11) is 0. The summed E-state index contributed by atoms with van der Waals surface area (Å²) in [5, 5.41) is 6.06. The molecule has 1 aromatic heterocycles. The van der Waals surface area contributed by atoms with Crippen LogP contribution in [0.1, 0.15) is 48.5 Å². The molecule has 2 aliphatic carbocycles. The van der Waals surface area contributed by atoms with Crippen LogP contribution in [0.5, 0.6) is 0 Å². The number of pyridine rings is 1. The first-order chi connectivity index (χ1) is 12.2. The number of aromatic nitrogens is 1. The van der Waals surface area contributed by atoms with E-state index in [1.54, 1.807) is 12.1 Å². The summed E-state index contributed by atoms with van der Waals surface area (Å²) in [4.78, 5) is 16.9. The summed E-state index contributed by atoms with van der Waals surface area (Å²) in [5.74, 6) is -0.217. The molecule has 0 bridgehead atoms. The van der Waals surface area contributed by atoms with Crippen molar-refractivity contribution in [3.63, 3.8) is 0 Å². The Labute approximate surface area is 146 Å². The molecule has 1 fully saturated rings. The van der Waals surface area contributed by atoms with Crippen LogP contribution in [-0.2, 0) is 11.8 Å². The van der Waals surface area contributed by atoms with Gasteiger partial charge in [-0.1, -0.05) is 18.6 Å². The molecule has 5 heteroatoms. The lowest BCUT2D eigenvalue weighted by atomic mass is 9.66. The third-order valence-corrected chi connectivity index (χ3v) is 5.59. The number of carbonyl (C=O) groups is 1. The highest BCUT2D eigenvalue weighted by Gasteiger charge is 2.40. The van der Waals surface area contributed by atoms with Gasteiger partial charge in [0.25, 0.3) is 0 Å². The van der Waals surface area contributed by atoms with Gasteiger partial charge in [-0.25, -0.2) is 9.18 Å².